The van der Waals surface area contributed by atoms with Gasteiger partial charge in [-0.15, -0.1) is 0 Å². The van der Waals surface area contributed by atoms with Crippen LogP contribution in [0.4, 0.5) is 10.1 Å². The first-order valence-corrected chi connectivity index (χ1v) is 7.47. The smallest absolute Gasteiger partial charge is 0.171 e. The average Bonchev–Trinajstić information content (AvgIpc) is 2.55. The minimum atomic E-state index is -0.461. The topological polar surface area (TPSA) is 34.1 Å². The molecule has 0 aliphatic heterocycles. The summed E-state index contributed by atoms with van der Waals surface area (Å²) in [5.74, 6) is 0.385. The second-order valence-electron chi connectivity index (χ2n) is 4.80. The molecule has 0 amide bonds. The van der Waals surface area contributed by atoms with Crippen molar-refractivity contribution in [2.75, 3.05) is 20.7 Å². The van der Waals surface area contributed by atoms with Crippen molar-refractivity contribution in [1.82, 2.24) is 4.90 Å². The highest BCUT2D eigenvalue weighted by atomic mass is 35.5. The summed E-state index contributed by atoms with van der Waals surface area (Å²) in [4.78, 5) is 6.22. The largest absolute Gasteiger partial charge is 0.493 e. The molecule has 2 aromatic carbocycles. The van der Waals surface area contributed by atoms with Gasteiger partial charge in [0.1, 0.15) is 0 Å². The zero-order valence-corrected chi connectivity index (χ0v) is 14.0. The Morgan fingerprint density at radius 3 is 2.61 bits per heavy atom. The van der Waals surface area contributed by atoms with E-state index in [1.807, 2.05) is 18.9 Å². The molecule has 0 saturated carbocycles. The van der Waals surface area contributed by atoms with Crippen LogP contribution in [0.2, 0.25) is 5.02 Å². The summed E-state index contributed by atoms with van der Waals surface area (Å²) in [6, 6.07) is 9.35. The highest BCUT2D eigenvalue weighted by Crippen LogP contribution is 2.40. The Balaban J connectivity index is 2.33. The Hall–Kier alpha value is -2.27. The number of methoxy groups -OCH3 is 1. The molecule has 0 aliphatic rings. The first-order chi connectivity index (χ1) is 11.0. The quantitative estimate of drug-likeness (QED) is 0.556. The number of nitrogens with zero attached hydrogens (tertiary/aromatic N) is 2. The molecule has 2 aromatic rings. The third-order valence-corrected chi connectivity index (χ3v) is 3.49. The molecule has 6 heteroatoms. The van der Waals surface area contributed by atoms with Crippen LogP contribution in [0.3, 0.4) is 0 Å². The molecule has 0 N–H and O–H groups in total. The van der Waals surface area contributed by atoms with Gasteiger partial charge in [-0.25, -0.2) is 9.38 Å². The monoisotopic (exact) mass is 336 g/mol. The lowest BCUT2D eigenvalue weighted by atomic mass is 10.2. The maximum Gasteiger partial charge on any atom is 0.171 e. The molecule has 0 saturated heterocycles. The number of rotatable bonds is 6. The van der Waals surface area contributed by atoms with Crippen molar-refractivity contribution in [3.63, 3.8) is 0 Å². The van der Waals surface area contributed by atoms with Gasteiger partial charge in [0.05, 0.1) is 24.2 Å². The van der Waals surface area contributed by atoms with Crippen molar-refractivity contribution in [2.45, 2.75) is 6.92 Å². The number of benzene rings is 2. The molecule has 0 aliphatic carbocycles. The number of hydrogen-bond donors (Lipinski definition) is 0. The van der Waals surface area contributed by atoms with E-state index in [9.17, 15) is 4.39 Å². The zero-order chi connectivity index (χ0) is 16.8. The van der Waals surface area contributed by atoms with Crippen molar-refractivity contribution < 1.29 is 13.9 Å². The molecule has 122 valence electrons. The summed E-state index contributed by atoms with van der Waals surface area (Å²) in [5.41, 5.74) is 0.546. The second kappa shape index (κ2) is 7.83. The van der Waals surface area contributed by atoms with Crippen LogP contribution in [0.25, 0.3) is 0 Å². The van der Waals surface area contributed by atoms with Crippen LogP contribution < -0.4 is 9.47 Å². The summed E-state index contributed by atoms with van der Waals surface area (Å²) in [5, 5.41) is 0.387. The van der Waals surface area contributed by atoms with E-state index in [1.165, 1.54) is 19.2 Å². The van der Waals surface area contributed by atoms with Crippen LogP contribution in [-0.2, 0) is 0 Å². The SMILES string of the molecule is CCN(C)C=Nc1cc(OC)c(Oc2ccccc2F)cc1Cl. The molecule has 0 spiro atoms. The number of hydrogen-bond acceptors (Lipinski definition) is 3. The summed E-state index contributed by atoms with van der Waals surface area (Å²) in [6.45, 7) is 2.84. The predicted molar refractivity (Wildman–Crippen MR) is 90.9 cm³/mol. The van der Waals surface area contributed by atoms with E-state index < -0.39 is 5.82 Å². The summed E-state index contributed by atoms with van der Waals surface area (Å²) >= 11 is 6.23. The number of para-hydroxylation sites is 1. The Morgan fingerprint density at radius 2 is 1.96 bits per heavy atom. The van der Waals surface area contributed by atoms with Crippen LogP contribution in [0.1, 0.15) is 6.92 Å². The van der Waals surface area contributed by atoms with Crippen molar-refractivity contribution >= 4 is 23.6 Å². The van der Waals surface area contributed by atoms with Gasteiger partial charge in [-0.2, -0.15) is 0 Å². The van der Waals surface area contributed by atoms with E-state index >= 15 is 0 Å². The van der Waals surface area contributed by atoms with E-state index in [-0.39, 0.29) is 5.75 Å². The molecule has 2 rings (SSSR count). The van der Waals surface area contributed by atoms with Gasteiger partial charge in [0.15, 0.2) is 23.1 Å². The molecule has 0 radical (unpaired) electrons. The van der Waals surface area contributed by atoms with Gasteiger partial charge < -0.3 is 14.4 Å². The molecule has 0 bridgehead atoms. The summed E-state index contributed by atoms with van der Waals surface area (Å²) in [7, 11) is 3.41. The molecule has 0 fully saturated rings. The molecular formula is C17H18ClFN2O2. The van der Waals surface area contributed by atoms with Gasteiger partial charge in [0.2, 0.25) is 0 Å². The summed E-state index contributed by atoms with van der Waals surface area (Å²) < 4.78 is 24.6. The average molecular weight is 337 g/mol. The highest BCUT2D eigenvalue weighted by Gasteiger charge is 2.13. The first kappa shape index (κ1) is 17.1. The third-order valence-electron chi connectivity index (χ3n) is 3.18. The van der Waals surface area contributed by atoms with Crippen molar-refractivity contribution in [3.05, 3.63) is 47.2 Å². The fourth-order valence-electron chi connectivity index (χ4n) is 1.75. The molecule has 0 heterocycles. The molecule has 0 atom stereocenters. The van der Waals surface area contributed by atoms with Gasteiger partial charge in [0.25, 0.3) is 0 Å². The number of halogens is 2. The maximum atomic E-state index is 13.7. The van der Waals surface area contributed by atoms with Gasteiger partial charge in [-0.3, -0.25) is 0 Å². The lowest BCUT2D eigenvalue weighted by Gasteiger charge is -2.13. The molecule has 0 unspecified atom stereocenters. The highest BCUT2D eigenvalue weighted by molar-refractivity contribution is 6.33. The van der Waals surface area contributed by atoms with E-state index in [0.29, 0.717) is 22.2 Å². The Labute approximate surface area is 140 Å². The molecule has 23 heavy (non-hydrogen) atoms. The van der Waals surface area contributed by atoms with Crippen molar-refractivity contribution in [3.8, 4) is 17.2 Å². The van der Waals surface area contributed by atoms with Crippen molar-refractivity contribution in [1.29, 1.82) is 0 Å². The van der Waals surface area contributed by atoms with Crippen LogP contribution in [0.5, 0.6) is 17.2 Å². The van der Waals surface area contributed by atoms with Gasteiger partial charge in [0, 0.05) is 25.7 Å². The minimum Gasteiger partial charge on any atom is -0.493 e. The van der Waals surface area contributed by atoms with Gasteiger partial charge in [-0.05, 0) is 19.1 Å². The minimum absolute atomic E-state index is 0.101. The van der Waals surface area contributed by atoms with Crippen LogP contribution in [0.15, 0.2) is 41.4 Å². The molecular weight excluding hydrogens is 319 g/mol. The predicted octanol–water partition coefficient (Wildman–Crippen LogP) is 4.89. The fourth-order valence-corrected chi connectivity index (χ4v) is 1.95. The normalized spacial score (nSPS) is 10.8. The Bertz CT molecular complexity index is 707. The van der Waals surface area contributed by atoms with E-state index in [2.05, 4.69) is 4.99 Å². The fraction of sp³-hybridized carbons (Fsp3) is 0.235. The lowest BCUT2D eigenvalue weighted by Crippen LogP contribution is -2.14. The zero-order valence-electron chi connectivity index (χ0n) is 13.2. The molecule has 0 aromatic heterocycles. The van der Waals surface area contributed by atoms with E-state index in [0.717, 1.165) is 6.54 Å². The first-order valence-electron chi connectivity index (χ1n) is 7.09. The molecule has 4 nitrogen and oxygen atoms in total. The van der Waals surface area contributed by atoms with E-state index in [1.54, 1.807) is 30.6 Å². The Morgan fingerprint density at radius 1 is 1.22 bits per heavy atom. The maximum absolute atomic E-state index is 13.7. The van der Waals surface area contributed by atoms with Gasteiger partial charge in [-0.1, -0.05) is 23.7 Å². The van der Waals surface area contributed by atoms with Gasteiger partial charge >= 0.3 is 0 Å². The Kier molecular flexibility index (Phi) is 5.82. The second-order valence-corrected chi connectivity index (χ2v) is 5.21. The van der Waals surface area contributed by atoms with Crippen molar-refractivity contribution in [2.24, 2.45) is 4.99 Å². The van der Waals surface area contributed by atoms with Crippen LogP contribution in [0, 0.1) is 5.82 Å². The standard InChI is InChI=1S/C17H18ClFN2O2/c1-4-21(2)11-20-14-10-16(22-3)17(9-12(14)18)23-15-8-6-5-7-13(15)19/h5-11H,4H2,1-3H3. The number of aliphatic imine (C=N–C) groups is 1. The lowest BCUT2D eigenvalue weighted by molar-refractivity contribution is 0.371. The van der Waals surface area contributed by atoms with E-state index in [4.69, 9.17) is 21.1 Å². The summed E-state index contributed by atoms with van der Waals surface area (Å²) in [6.07, 6.45) is 1.68. The van der Waals surface area contributed by atoms with Crippen LogP contribution >= 0.6 is 11.6 Å². The number of ether oxygens (including phenoxy) is 2. The third kappa shape index (κ3) is 4.36. The van der Waals surface area contributed by atoms with Crippen LogP contribution in [-0.4, -0.2) is 31.9 Å².